The molecule has 1 aliphatic carbocycles. The first-order chi connectivity index (χ1) is 15.3. The third-order valence-electron chi connectivity index (χ3n) is 6.32. The zero-order valence-electron chi connectivity index (χ0n) is 17.4. The Hall–Kier alpha value is -3.40. The summed E-state index contributed by atoms with van der Waals surface area (Å²) in [5, 5.41) is 14.5. The number of rotatable bonds is 6. The van der Waals surface area contributed by atoms with Crippen LogP contribution in [0.2, 0.25) is 0 Å². The summed E-state index contributed by atoms with van der Waals surface area (Å²) in [6.07, 6.45) is 4.92. The SMILES string of the molecule is Oc1cccc2c1CCCC2CCc1noc(C(c2ccccc2)c2ccccc2)n1. The van der Waals surface area contributed by atoms with Gasteiger partial charge in [0.05, 0.1) is 5.92 Å². The molecule has 0 saturated carbocycles. The highest BCUT2D eigenvalue weighted by Crippen LogP contribution is 2.38. The number of aromatic hydroxyl groups is 1. The van der Waals surface area contributed by atoms with Gasteiger partial charge < -0.3 is 9.63 Å². The van der Waals surface area contributed by atoms with Crippen molar-refractivity contribution in [3.05, 3.63) is 113 Å². The fraction of sp³-hybridized carbons (Fsp3) is 0.259. The normalized spacial score (nSPS) is 15.7. The number of fused-ring (bicyclic) bond motifs is 1. The van der Waals surface area contributed by atoms with Gasteiger partial charge in [-0.1, -0.05) is 78.0 Å². The van der Waals surface area contributed by atoms with E-state index in [2.05, 4.69) is 35.5 Å². The smallest absolute Gasteiger partial charge is 0.238 e. The van der Waals surface area contributed by atoms with Gasteiger partial charge in [0, 0.05) is 6.42 Å². The van der Waals surface area contributed by atoms with Gasteiger partial charge >= 0.3 is 0 Å². The van der Waals surface area contributed by atoms with E-state index in [0.717, 1.165) is 54.6 Å². The predicted molar refractivity (Wildman–Crippen MR) is 120 cm³/mol. The summed E-state index contributed by atoms with van der Waals surface area (Å²) in [6, 6.07) is 26.5. The van der Waals surface area contributed by atoms with Crippen molar-refractivity contribution in [3.63, 3.8) is 0 Å². The highest BCUT2D eigenvalue weighted by atomic mass is 16.5. The van der Waals surface area contributed by atoms with Crippen molar-refractivity contribution in [2.45, 2.75) is 43.9 Å². The van der Waals surface area contributed by atoms with Gasteiger partial charge in [-0.15, -0.1) is 0 Å². The lowest BCUT2D eigenvalue weighted by molar-refractivity contribution is 0.368. The molecule has 4 aromatic rings. The first-order valence-corrected chi connectivity index (χ1v) is 11.0. The topological polar surface area (TPSA) is 59.2 Å². The van der Waals surface area contributed by atoms with Crippen LogP contribution in [0.3, 0.4) is 0 Å². The number of phenolic OH excluding ortho intramolecular Hbond substituents is 1. The molecule has 0 fully saturated rings. The Kier molecular flexibility index (Phi) is 5.53. The Morgan fingerprint density at radius 2 is 1.61 bits per heavy atom. The Labute approximate surface area is 182 Å². The van der Waals surface area contributed by atoms with Crippen LogP contribution in [0.1, 0.15) is 65.1 Å². The lowest BCUT2D eigenvalue weighted by atomic mass is 9.80. The summed E-state index contributed by atoms with van der Waals surface area (Å²) in [5.74, 6) is 2.17. The van der Waals surface area contributed by atoms with Crippen LogP contribution < -0.4 is 0 Å². The second kappa shape index (κ2) is 8.76. The highest BCUT2D eigenvalue weighted by molar-refractivity contribution is 5.43. The van der Waals surface area contributed by atoms with E-state index in [1.54, 1.807) is 6.07 Å². The molecule has 3 aromatic carbocycles. The molecule has 0 aliphatic heterocycles. The molecule has 156 valence electrons. The zero-order chi connectivity index (χ0) is 21.0. The van der Waals surface area contributed by atoms with Crippen LogP contribution in [0.4, 0.5) is 0 Å². The Morgan fingerprint density at radius 3 is 2.32 bits per heavy atom. The molecule has 1 N–H and O–H groups in total. The lowest BCUT2D eigenvalue weighted by Gasteiger charge is -2.25. The number of aryl methyl sites for hydroxylation is 1. The van der Waals surface area contributed by atoms with Crippen LogP contribution in [0.15, 0.2) is 83.4 Å². The van der Waals surface area contributed by atoms with Crippen molar-refractivity contribution in [3.8, 4) is 5.75 Å². The molecule has 4 nitrogen and oxygen atoms in total. The van der Waals surface area contributed by atoms with E-state index in [-0.39, 0.29) is 5.92 Å². The molecule has 0 amide bonds. The average Bonchev–Trinajstić information content (AvgIpc) is 3.28. The fourth-order valence-corrected chi connectivity index (χ4v) is 4.79. The third-order valence-corrected chi connectivity index (χ3v) is 6.32. The van der Waals surface area contributed by atoms with Crippen LogP contribution in [-0.4, -0.2) is 15.2 Å². The number of phenols is 1. The lowest BCUT2D eigenvalue weighted by Crippen LogP contribution is -2.11. The summed E-state index contributed by atoms with van der Waals surface area (Å²) in [5.41, 5.74) is 4.67. The molecule has 0 radical (unpaired) electrons. The van der Waals surface area contributed by atoms with Crippen LogP contribution in [0, 0.1) is 0 Å². The summed E-state index contributed by atoms with van der Waals surface area (Å²) in [6.45, 7) is 0. The Bertz CT molecular complexity index is 1100. The number of hydrogen-bond donors (Lipinski definition) is 1. The number of hydrogen-bond acceptors (Lipinski definition) is 4. The van der Waals surface area contributed by atoms with Crippen molar-refractivity contribution >= 4 is 0 Å². The fourth-order valence-electron chi connectivity index (χ4n) is 4.79. The van der Waals surface area contributed by atoms with Gasteiger partial charge in [-0.25, -0.2) is 0 Å². The summed E-state index contributed by atoms with van der Waals surface area (Å²) in [4.78, 5) is 4.79. The molecule has 5 rings (SSSR count). The molecule has 1 aromatic heterocycles. The molecule has 31 heavy (non-hydrogen) atoms. The minimum Gasteiger partial charge on any atom is -0.508 e. The van der Waals surface area contributed by atoms with E-state index in [4.69, 9.17) is 9.51 Å². The van der Waals surface area contributed by atoms with Crippen molar-refractivity contribution in [2.75, 3.05) is 0 Å². The van der Waals surface area contributed by atoms with Gasteiger partial charge in [0.2, 0.25) is 5.89 Å². The molecule has 1 unspecified atom stereocenters. The standard InChI is InChI=1S/C27H26N2O2/c30-24-16-8-14-22-19(13-7-15-23(22)24)17-18-25-28-27(31-29-25)26(20-9-3-1-4-10-20)21-11-5-2-6-12-21/h1-6,8-12,14,16,19,26,30H,7,13,15,17-18H2. The van der Waals surface area contributed by atoms with Gasteiger partial charge in [0.15, 0.2) is 5.82 Å². The summed E-state index contributed by atoms with van der Waals surface area (Å²) >= 11 is 0. The monoisotopic (exact) mass is 410 g/mol. The Balaban J connectivity index is 1.37. The summed E-state index contributed by atoms with van der Waals surface area (Å²) < 4.78 is 5.76. The highest BCUT2D eigenvalue weighted by Gasteiger charge is 2.25. The van der Waals surface area contributed by atoms with E-state index < -0.39 is 0 Å². The minimum atomic E-state index is -0.0731. The maximum atomic E-state index is 10.2. The molecule has 4 heteroatoms. The largest absolute Gasteiger partial charge is 0.508 e. The molecule has 0 bridgehead atoms. The molecule has 0 spiro atoms. The molecule has 0 saturated heterocycles. The zero-order valence-corrected chi connectivity index (χ0v) is 17.4. The number of benzene rings is 3. The van der Waals surface area contributed by atoms with Crippen molar-refractivity contribution in [2.24, 2.45) is 0 Å². The van der Waals surface area contributed by atoms with E-state index in [1.165, 1.54) is 5.56 Å². The van der Waals surface area contributed by atoms with Gasteiger partial charge in [0.1, 0.15) is 5.75 Å². The van der Waals surface area contributed by atoms with Crippen molar-refractivity contribution in [1.29, 1.82) is 0 Å². The van der Waals surface area contributed by atoms with E-state index >= 15 is 0 Å². The first kappa shape index (κ1) is 19.6. The molecular formula is C27H26N2O2. The minimum absolute atomic E-state index is 0.0731. The number of nitrogens with zero attached hydrogens (tertiary/aromatic N) is 2. The molecule has 1 aliphatic rings. The van der Waals surface area contributed by atoms with Crippen molar-refractivity contribution in [1.82, 2.24) is 10.1 Å². The van der Waals surface area contributed by atoms with E-state index in [0.29, 0.717) is 17.6 Å². The van der Waals surface area contributed by atoms with Crippen molar-refractivity contribution < 1.29 is 9.63 Å². The van der Waals surface area contributed by atoms with Crippen LogP contribution in [-0.2, 0) is 12.8 Å². The Morgan fingerprint density at radius 1 is 0.903 bits per heavy atom. The first-order valence-electron chi connectivity index (χ1n) is 11.0. The maximum Gasteiger partial charge on any atom is 0.238 e. The summed E-state index contributed by atoms with van der Waals surface area (Å²) in [7, 11) is 0. The average molecular weight is 411 g/mol. The van der Waals surface area contributed by atoms with E-state index in [1.807, 2.05) is 42.5 Å². The van der Waals surface area contributed by atoms with Crippen LogP contribution in [0.5, 0.6) is 5.75 Å². The van der Waals surface area contributed by atoms with Gasteiger partial charge in [-0.05, 0) is 59.9 Å². The second-order valence-electron chi connectivity index (χ2n) is 8.28. The van der Waals surface area contributed by atoms with Crippen LogP contribution in [0.25, 0.3) is 0 Å². The van der Waals surface area contributed by atoms with Gasteiger partial charge in [-0.3, -0.25) is 0 Å². The quantitative estimate of drug-likeness (QED) is 0.423. The number of aromatic nitrogens is 2. The predicted octanol–water partition coefficient (Wildman–Crippen LogP) is 6.01. The molecule has 1 atom stereocenters. The van der Waals surface area contributed by atoms with Crippen LogP contribution >= 0.6 is 0 Å². The third kappa shape index (κ3) is 4.11. The second-order valence-corrected chi connectivity index (χ2v) is 8.28. The van der Waals surface area contributed by atoms with Gasteiger partial charge in [-0.2, -0.15) is 4.98 Å². The maximum absolute atomic E-state index is 10.2. The van der Waals surface area contributed by atoms with Gasteiger partial charge in [0.25, 0.3) is 0 Å². The van der Waals surface area contributed by atoms with E-state index in [9.17, 15) is 5.11 Å². The molecule has 1 heterocycles. The molecular weight excluding hydrogens is 384 g/mol.